The number of aliphatic imine (C=N–C) groups is 2. The second-order valence-corrected chi connectivity index (χ2v) is 17.1. The number of carboxylic acid groups (broad SMARTS) is 2. The topological polar surface area (TPSA) is 419 Å². The first-order chi connectivity index (χ1) is 31.5. The maximum absolute atomic E-state index is 14.2. The summed E-state index contributed by atoms with van der Waals surface area (Å²) in [4.78, 5) is 106. The van der Waals surface area contributed by atoms with Crippen LogP contribution >= 0.6 is 0 Å². The van der Waals surface area contributed by atoms with E-state index in [0.29, 0.717) is 90.4 Å². The van der Waals surface area contributed by atoms with Crippen molar-refractivity contribution in [1.82, 2.24) is 41.7 Å². The molecule has 5 amide bonds. The van der Waals surface area contributed by atoms with Crippen LogP contribution in [-0.4, -0.2) is 161 Å². The van der Waals surface area contributed by atoms with Crippen LogP contribution in [0.4, 0.5) is 0 Å². The number of carboxylic acids is 2. The van der Waals surface area contributed by atoms with Gasteiger partial charge in [0.05, 0.1) is 30.6 Å². The zero-order valence-corrected chi connectivity index (χ0v) is 38.1. The lowest BCUT2D eigenvalue weighted by atomic mass is 10.1. The van der Waals surface area contributed by atoms with E-state index in [0.717, 1.165) is 0 Å². The molecule has 3 aliphatic heterocycles. The molecule has 0 radical (unpaired) electrons. The Morgan fingerprint density at radius 1 is 0.636 bits per heavy atom. The fraction of sp³-hybridized carbons (Fsp3) is 0.780. The van der Waals surface area contributed by atoms with Gasteiger partial charge < -0.3 is 71.2 Å². The predicted molar refractivity (Wildman–Crippen MR) is 245 cm³/mol. The van der Waals surface area contributed by atoms with Crippen molar-refractivity contribution in [1.29, 1.82) is 0 Å². The highest BCUT2D eigenvalue weighted by molar-refractivity contribution is 5.92. The van der Waals surface area contributed by atoms with Crippen molar-refractivity contribution < 1.29 is 43.8 Å². The number of nitrogens with one attached hydrogen (secondary N) is 6. The van der Waals surface area contributed by atoms with Gasteiger partial charge in [-0.05, 0) is 116 Å². The number of rotatable bonds is 22. The van der Waals surface area contributed by atoms with Crippen molar-refractivity contribution in [3.05, 3.63) is 0 Å². The first kappa shape index (κ1) is 55.0. The number of hydrogen-bond donors (Lipinski definition) is 14. The summed E-state index contributed by atoms with van der Waals surface area (Å²) < 4.78 is 0. The Balaban J connectivity index is 2.01. The molecule has 3 aliphatic rings. The van der Waals surface area contributed by atoms with Crippen LogP contribution in [0, 0.1) is 0 Å². The number of aliphatic carboxylic acids is 2. The largest absolute Gasteiger partial charge is 0.480 e. The molecule has 25 nitrogen and oxygen atoms in total. The zero-order valence-electron chi connectivity index (χ0n) is 38.1. The third-order valence-corrected chi connectivity index (χ3v) is 12.0. The molecule has 66 heavy (non-hydrogen) atoms. The third-order valence-electron chi connectivity index (χ3n) is 12.0. The molecule has 3 fully saturated rings. The molecule has 0 aromatic carbocycles. The van der Waals surface area contributed by atoms with Crippen molar-refractivity contribution in [2.45, 2.75) is 164 Å². The summed E-state index contributed by atoms with van der Waals surface area (Å²) in [6.45, 7) is 2.05. The molecule has 3 heterocycles. The average Bonchev–Trinajstić information content (AvgIpc) is 3.95. The highest BCUT2D eigenvalue weighted by atomic mass is 16.4. The minimum atomic E-state index is -1.34. The molecule has 374 valence electrons. The number of amides is 5. The Morgan fingerprint density at radius 3 is 1.61 bits per heavy atom. The molecule has 0 spiro atoms. The van der Waals surface area contributed by atoms with E-state index in [9.17, 15) is 43.8 Å². The molecule has 0 bridgehead atoms. The molecule has 0 aromatic rings. The summed E-state index contributed by atoms with van der Waals surface area (Å²) >= 11 is 0. The summed E-state index contributed by atoms with van der Waals surface area (Å²) in [6.07, 6.45) is 3.96. The lowest BCUT2D eigenvalue weighted by Crippen LogP contribution is -2.59. The minimum Gasteiger partial charge on any atom is -0.480 e. The number of nitrogens with two attached hydrogens (primary N) is 6. The summed E-state index contributed by atoms with van der Waals surface area (Å²) in [5, 5.41) is 37.6. The molecule has 0 saturated carbocycles. The number of hydrogen-bond acceptors (Lipinski definition) is 14. The Hall–Kier alpha value is -5.37. The predicted octanol–water partition coefficient (Wildman–Crippen LogP) is -3.72. The molecule has 0 aliphatic carbocycles. The van der Waals surface area contributed by atoms with Crippen LogP contribution in [-0.2, 0) is 33.6 Å². The fourth-order valence-electron chi connectivity index (χ4n) is 8.58. The van der Waals surface area contributed by atoms with Crippen LogP contribution in [0.3, 0.4) is 0 Å². The number of guanidine groups is 2. The minimum absolute atomic E-state index is 0.0154. The average molecular weight is 937 g/mol. The third kappa shape index (κ3) is 19.2. The number of nitrogens with zero attached hydrogens (tertiary/aromatic N) is 4. The number of carbonyl (C=O) groups is 7. The first-order valence-electron chi connectivity index (χ1n) is 23.3. The van der Waals surface area contributed by atoms with E-state index in [1.165, 1.54) is 0 Å². The van der Waals surface area contributed by atoms with Gasteiger partial charge in [0, 0.05) is 39.0 Å². The second-order valence-electron chi connectivity index (χ2n) is 17.1. The van der Waals surface area contributed by atoms with E-state index in [4.69, 9.17) is 34.4 Å². The Labute approximate surface area is 386 Å². The zero-order chi connectivity index (χ0) is 48.6. The molecular formula is C41H76N16O9. The molecule has 3 saturated heterocycles. The van der Waals surface area contributed by atoms with Gasteiger partial charge in [-0.15, -0.1) is 0 Å². The second kappa shape index (κ2) is 29.3. The smallest absolute Gasteiger partial charge is 0.326 e. The maximum Gasteiger partial charge on any atom is 0.326 e. The van der Waals surface area contributed by atoms with Crippen molar-refractivity contribution in [2.75, 3.05) is 39.3 Å². The standard InChI is InChI=1S/C41H76N16O9/c42-19-3-1-12-31-54-33(58)17-15-25(35(60)52-27(38(63)64)9-5-21-48-40(44)45)50-30-14-8-24-57(30)32(13-2-4-20-43)55-34(59)18-16-26(51-37(62)29-11-7-23-56(29)31)36(61)53-28(39(65)66)10-6-22-49-41(46)47/h25-32,50H,1-24,42-43H2,(H,51,62)(H,52,60)(H,53,61)(H,54,58)(H,55,59)(H,63,64)(H,65,66)(H4,44,45,48)(H4,46,47,49). The van der Waals surface area contributed by atoms with Gasteiger partial charge in [0.1, 0.15) is 18.1 Å². The van der Waals surface area contributed by atoms with Gasteiger partial charge in [-0.1, -0.05) is 0 Å². The van der Waals surface area contributed by atoms with Crippen LogP contribution in [0.25, 0.3) is 0 Å². The number of fused-ring (bicyclic) bond motifs is 2. The highest BCUT2D eigenvalue weighted by Crippen LogP contribution is 2.24. The first-order valence-corrected chi connectivity index (χ1v) is 23.3. The number of unbranched alkanes of at least 4 members (excludes halogenated alkanes) is 2. The van der Waals surface area contributed by atoms with Crippen molar-refractivity contribution >= 4 is 53.4 Å². The van der Waals surface area contributed by atoms with Gasteiger partial charge in [-0.3, -0.25) is 49.1 Å². The maximum atomic E-state index is 14.2. The van der Waals surface area contributed by atoms with Gasteiger partial charge in [-0.2, -0.15) is 0 Å². The monoisotopic (exact) mass is 937 g/mol. The van der Waals surface area contributed by atoms with Crippen molar-refractivity contribution in [3.8, 4) is 0 Å². The normalized spacial score (nSPS) is 24.6. The van der Waals surface area contributed by atoms with Gasteiger partial charge >= 0.3 is 11.9 Å². The van der Waals surface area contributed by atoms with E-state index in [1.807, 2.05) is 9.80 Å². The Kier molecular flexibility index (Phi) is 24.4. The molecule has 25 heteroatoms. The van der Waals surface area contributed by atoms with Gasteiger partial charge in [0.2, 0.25) is 29.5 Å². The molecule has 20 N–H and O–H groups in total. The van der Waals surface area contributed by atoms with Crippen LogP contribution in [0.2, 0.25) is 0 Å². The van der Waals surface area contributed by atoms with Crippen molar-refractivity contribution in [2.24, 2.45) is 44.4 Å². The molecular weight excluding hydrogens is 861 g/mol. The van der Waals surface area contributed by atoms with E-state index in [1.54, 1.807) is 0 Å². The summed E-state index contributed by atoms with van der Waals surface area (Å²) in [5.41, 5.74) is 33.3. The highest BCUT2D eigenvalue weighted by Gasteiger charge is 2.40. The lowest BCUT2D eigenvalue weighted by molar-refractivity contribution is -0.143. The van der Waals surface area contributed by atoms with E-state index >= 15 is 0 Å². The lowest BCUT2D eigenvalue weighted by Gasteiger charge is -2.36. The summed E-state index contributed by atoms with van der Waals surface area (Å²) in [7, 11) is 0. The van der Waals surface area contributed by atoms with Crippen LogP contribution in [0.1, 0.15) is 116 Å². The van der Waals surface area contributed by atoms with E-state index < -0.39 is 90.2 Å². The van der Waals surface area contributed by atoms with Gasteiger partial charge in [0.25, 0.3) is 0 Å². The Morgan fingerprint density at radius 2 is 1.11 bits per heavy atom. The fourth-order valence-corrected chi connectivity index (χ4v) is 8.58. The quantitative estimate of drug-likeness (QED) is 0.0282. The SMILES string of the molecule is NCCCCC1NC(=O)CCC(C(=O)NC(CCCN=C(N)N)C(=O)O)NC(=O)C2CCCN2C(CCCCN)NC(=O)CCC(C(=O)NC(CCCN=C(N)N)C(=O)O)NC2CCCN12. The summed E-state index contributed by atoms with van der Waals surface area (Å²) in [5.74, 6) is -5.65. The Bertz CT molecular complexity index is 1660. The van der Waals surface area contributed by atoms with Crippen molar-refractivity contribution in [3.63, 3.8) is 0 Å². The summed E-state index contributed by atoms with van der Waals surface area (Å²) in [6, 6.07) is -5.76. The van der Waals surface area contributed by atoms with Gasteiger partial charge in [-0.25, -0.2) is 9.59 Å². The van der Waals surface area contributed by atoms with E-state index in [2.05, 4.69) is 41.9 Å². The molecule has 8 atom stereocenters. The van der Waals surface area contributed by atoms with Crippen LogP contribution < -0.4 is 66.3 Å². The molecule has 0 aromatic heterocycles. The number of carbonyl (C=O) groups excluding carboxylic acids is 5. The van der Waals surface area contributed by atoms with Crippen LogP contribution in [0.5, 0.6) is 0 Å². The van der Waals surface area contributed by atoms with E-state index in [-0.39, 0.29) is 76.4 Å². The van der Waals surface area contributed by atoms with Gasteiger partial charge in [0.15, 0.2) is 11.9 Å². The van der Waals surface area contributed by atoms with Crippen LogP contribution in [0.15, 0.2) is 9.98 Å². The molecule has 8 unspecified atom stereocenters. The molecule has 3 rings (SSSR count).